The van der Waals surface area contributed by atoms with E-state index in [1.54, 1.807) is 13.2 Å². The van der Waals surface area contributed by atoms with Gasteiger partial charge in [0.15, 0.2) is 5.78 Å². The fraction of sp³-hybridized carbons (Fsp3) is 0.583. The lowest BCUT2D eigenvalue weighted by atomic mass is 9.81. The molecular weight excluding hydrogens is 192 g/mol. The topological polar surface area (TPSA) is 35.5 Å². The van der Waals surface area contributed by atoms with Crippen molar-refractivity contribution in [2.75, 3.05) is 20.5 Å². The second-order valence-electron chi connectivity index (χ2n) is 4.44. The Balaban J connectivity index is 2.06. The van der Waals surface area contributed by atoms with Gasteiger partial charge in [-0.15, -0.1) is 0 Å². The number of carbonyl (C=O) groups is 1. The van der Waals surface area contributed by atoms with Gasteiger partial charge < -0.3 is 9.47 Å². The molecule has 2 bridgehead atoms. The van der Waals surface area contributed by atoms with E-state index in [9.17, 15) is 4.79 Å². The summed E-state index contributed by atoms with van der Waals surface area (Å²) in [7, 11) is 1.61. The molecule has 1 saturated carbocycles. The van der Waals surface area contributed by atoms with E-state index < -0.39 is 0 Å². The van der Waals surface area contributed by atoms with Gasteiger partial charge in [0.2, 0.25) is 0 Å². The Morgan fingerprint density at radius 3 is 3.20 bits per heavy atom. The molecule has 0 heterocycles. The summed E-state index contributed by atoms with van der Waals surface area (Å²) in [6.45, 7) is 4.89. The van der Waals surface area contributed by atoms with E-state index in [1.165, 1.54) is 0 Å². The van der Waals surface area contributed by atoms with Crippen LogP contribution in [0.1, 0.15) is 12.8 Å². The van der Waals surface area contributed by atoms with E-state index in [0.717, 1.165) is 18.4 Å². The number of ether oxygens (including phenoxy) is 2. The molecule has 15 heavy (non-hydrogen) atoms. The summed E-state index contributed by atoms with van der Waals surface area (Å²) in [6, 6.07) is 0. The summed E-state index contributed by atoms with van der Waals surface area (Å²) in [5.41, 5.74) is 1.04. The smallest absolute Gasteiger partial charge is 0.162 e. The van der Waals surface area contributed by atoms with Gasteiger partial charge in [0.05, 0.1) is 6.61 Å². The molecule has 0 saturated heterocycles. The Hall–Kier alpha value is -0.930. The molecule has 0 aromatic rings. The number of methoxy groups -OCH3 is 1. The Morgan fingerprint density at radius 1 is 1.67 bits per heavy atom. The highest BCUT2D eigenvalue weighted by Crippen LogP contribution is 2.49. The number of rotatable bonds is 4. The first-order valence-electron chi connectivity index (χ1n) is 5.14. The molecule has 1 fully saturated rings. The minimum atomic E-state index is -0.00576. The maximum absolute atomic E-state index is 11.5. The third-order valence-electron chi connectivity index (χ3n) is 3.22. The van der Waals surface area contributed by atoms with Gasteiger partial charge in [-0.25, -0.2) is 0 Å². The van der Waals surface area contributed by atoms with Crippen molar-refractivity contribution >= 4 is 5.78 Å². The molecule has 2 atom stereocenters. The number of carbonyl (C=O) groups excluding carboxylic acids is 1. The molecule has 3 nitrogen and oxygen atoms in total. The quantitative estimate of drug-likeness (QED) is 0.401. The van der Waals surface area contributed by atoms with Crippen molar-refractivity contribution in [3.05, 3.63) is 24.3 Å². The van der Waals surface area contributed by atoms with Crippen molar-refractivity contribution in [1.82, 2.24) is 0 Å². The van der Waals surface area contributed by atoms with Crippen LogP contribution in [0.3, 0.4) is 0 Å². The molecule has 0 radical (unpaired) electrons. The van der Waals surface area contributed by atoms with Gasteiger partial charge in [-0.1, -0.05) is 18.2 Å². The summed E-state index contributed by atoms with van der Waals surface area (Å²) in [6.07, 6.45) is 5.39. The summed E-state index contributed by atoms with van der Waals surface area (Å²) in [5, 5.41) is 0. The van der Waals surface area contributed by atoms with Crippen LogP contribution in [-0.4, -0.2) is 26.3 Å². The van der Waals surface area contributed by atoms with Crippen molar-refractivity contribution < 1.29 is 14.3 Å². The van der Waals surface area contributed by atoms with E-state index in [1.807, 2.05) is 6.08 Å². The predicted octanol–water partition coefficient (Wildman–Crippen LogP) is 1.70. The second kappa shape index (κ2) is 3.91. The summed E-state index contributed by atoms with van der Waals surface area (Å²) >= 11 is 0. The molecule has 2 aliphatic carbocycles. The van der Waals surface area contributed by atoms with Gasteiger partial charge in [0.1, 0.15) is 6.79 Å². The van der Waals surface area contributed by atoms with Crippen molar-refractivity contribution in [2.24, 2.45) is 11.3 Å². The van der Waals surface area contributed by atoms with Gasteiger partial charge in [0.25, 0.3) is 0 Å². The molecule has 0 aliphatic heterocycles. The third kappa shape index (κ3) is 1.90. The van der Waals surface area contributed by atoms with Crippen LogP contribution in [0, 0.1) is 11.3 Å². The first kappa shape index (κ1) is 10.6. The molecule has 0 amide bonds. The van der Waals surface area contributed by atoms with Crippen LogP contribution in [0.15, 0.2) is 24.3 Å². The Morgan fingerprint density at radius 2 is 2.47 bits per heavy atom. The third-order valence-corrected chi connectivity index (χ3v) is 3.22. The lowest BCUT2D eigenvalue weighted by Gasteiger charge is -2.26. The molecule has 2 rings (SSSR count). The van der Waals surface area contributed by atoms with Crippen molar-refractivity contribution in [2.45, 2.75) is 12.8 Å². The van der Waals surface area contributed by atoms with E-state index >= 15 is 0 Å². The zero-order valence-corrected chi connectivity index (χ0v) is 8.99. The van der Waals surface area contributed by atoms with Crippen LogP contribution in [0.4, 0.5) is 0 Å². The average Bonchev–Trinajstić information content (AvgIpc) is 2.48. The van der Waals surface area contributed by atoms with Crippen LogP contribution in [-0.2, 0) is 14.3 Å². The minimum absolute atomic E-state index is 0.00576. The van der Waals surface area contributed by atoms with Crippen molar-refractivity contribution in [1.29, 1.82) is 0 Å². The first-order chi connectivity index (χ1) is 7.17. The second-order valence-corrected chi connectivity index (χ2v) is 4.44. The number of hydrogen-bond acceptors (Lipinski definition) is 3. The molecule has 0 unspecified atom stereocenters. The highest BCUT2D eigenvalue weighted by Gasteiger charge is 2.45. The van der Waals surface area contributed by atoms with Gasteiger partial charge in [-0.2, -0.15) is 0 Å². The van der Waals surface area contributed by atoms with E-state index in [4.69, 9.17) is 9.47 Å². The molecule has 3 heteroatoms. The SMILES string of the molecule is C=C1C[C@]2(COCOC)C=CC(=O)[C@H]1C2. The summed E-state index contributed by atoms with van der Waals surface area (Å²) in [4.78, 5) is 11.5. The van der Waals surface area contributed by atoms with Gasteiger partial charge in [0, 0.05) is 18.4 Å². The summed E-state index contributed by atoms with van der Waals surface area (Å²) < 4.78 is 10.2. The molecule has 0 aromatic carbocycles. The highest BCUT2D eigenvalue weighted by molar-refractivity contribution is 5.95. The van der Waals surface area contributed by atoms with Gasteiger partial charge in [-0.05, 0) is 18.9 Å². The standard InChI is InChI=1S/C12H16O3/c1-9-5-12(7-15-8-14-2)4-3-11(13)10(9)6-12/h3-4,10H,1,5-8H2,2H3/t10-,12+/m0/s1. The molecule has 0 spiro atoms. The Labute approximate surface area is 89.8 Å². The van der Waals surface area contributed by atoms with Gasteiger partial charge in [-0.3, -0.25) is 4.79 Å². The first-order valence-corrected chi connectivity index (χ1v) is 5.14. The maximum Gasteiger partial charge on any atom is 0.162 e. The van der Waals surface area contributed by atoms with Crippen LogP contribution in [0.25, 0.3) is 0 Å². The Bertz CT molecular complexity index is 319. The lowest BCUT2D eigenvalue weighted by Crippen LogP contribution is -2.26. The van der Waals surface area contributed by atoms with Gasteiger partial charge >= 0.3 is 0 Å². The zero-order chi connectivity index (χ0) is 10.9. The van der Waals surface area contributed by atoms with E-state index in [2.05, 4.69) is 6.58 Å². The van der Waals surface area contributed by atoms with Crippen LogP contribution < -0.4 is 0 Å². The van der Waals surface area contributed by atoms with Crippen LogP contribution in [0.2, 0.25) is 0 Å². The lowest BCUT2D eigenvalue weighted by molar-refractivity contribution is -0.118. The van der Waals surface area contributed by atoms with Crippen LogP contribution >= 0.6 is 0 Å². The zero-order valence-electron chi connectivity index (χ0n) is 8.99. The monoisotopic (exact) mass is 208 g/mol. The number of ketones is 1. The Kier molecular flexibility index (Phi) is 2.76. The van der Waals surface area contributed by atoms with E-state index in [0.29, 0.717) is 13.4 Å². The molecule has 0 N–H and O–H groups in total. The minimum Gasteiger partial charge on any atom is -0.359 e. The summed E-state index contributed by atoms with van der Waals surface area (Å²) in [5.74, 6) is 0.223. The molecule has 0 aromatic heterocycles. The fourth-order valence-corrected chi connectivity index (χ4v) is 2.49. The number of hydrogen-bond donors (Lipinski definition) is 0. The van der Waals surface area contributed by atoms with Crippen molar-refractivity contribution in [3.63, 3.8) is 0 Å². The van der Waals surface area contributed by atoms with Crippen LogP contribution in [0.5, 0.6) is 0 Å². The number of allylic oxidation sites excluding steroid dienone is 2. The number of fused-ring (bicyclic) bond motifs is 2. The predicted molar refractivity (Wildman–Crippen MR) is 56.3 cm³/mol. The molecule has 2 aliphatic rings. The van der Waals surface area contributed by atoms with E-state index in [-0.39, 0.29) is 17.1 Å². The fourth-order valence-electron chi connectivity index (χ4n) is 2.49. The average molecular weight is 208 g/mol. The largest absolute Gasteiger partial charge is 0.359 e. The molecular formula is C12H16O3. The molecule has 82 valence electrons. The highest BCUT2D eigenvalue weighted by atomic mass is 16.7. The maximum atomic E-state index is 11.5. The van der Waals surface area contributed by atoms with Crippen molar-refractivity contribution in [3.8, 4) is 0 Å². The normalized spacial score (nSPS) is 33.8.